The maximum Gasteiger partial charge on any atom is 0.273 e. The van der Waals surface area contributed by atoms with Crippen LogP contribution in [0.5, 0.6) is 0 Å². The van der Waals surface area contributed by atoms with Gasteiger partial charge in [-0.15, -0.1) is 0 Å². The minimum Gasteiger partial charge on any atom is -0.370 e. The molecule has 8 nitrogen and oxygen atoms in total. The topological polar surface area (TPSA) is 88.8 Å². The molecule has 2 amide bonds. The Labute approximate surface area is 180 Å². The lowest BCUT2D eigenvalue weighted by atomic mass is 10.2. The SMILES string of the molecule is CC(=O)N1CCOC(/C=C/C2=CCC(NC(=O)c3cccn3Cc3ccncc3)=N2)C1. The number of hydrogen-bond acceptors (Lipinski definition) is 5. The van der Waals surface area contributed by atoms with E-state index in [1.165, 1.54) is 0 Å². The second kappa shape index (κ2) is 9.53. The van der Waals surface area contributed by atoms with E-state index >= 15 is 0 Å². The van der Waals surface area contributed by atoms with Crippen LogP contribution in [0.3, 0.4) is 0 Å². The van der Waals surface area contributed by atoms with E-state index in [0.29, 0.717) is 44.2 Å². The second-order valence-corrected chi connectivity index (χ2v) is 7.46. The van der Waals surface area contributed by atoms with Crippen LogP contribution >= 0.6 is 0 Å². The number of pyridine rings is 1. The highest BCUT2D eigenvalue weighted by atomic mass is 16.5. The van der Waals surface area contributed by atoms with Gasteiger partial charge < -0.3 is 19.5 Å². The first-order chi connectivity index (χ1) is 15.1. The van der Waals surface area contributed by atoms with E-state index in [9.17, 15) is 9.59 Å². The van der Waals surface area contributed by atoms with Crippen LogP contribution in [0.2, 0.25) is 0 Å². The average Bonchev–Trinajstić information content (AvgIpc) is 3.42. The van der Waals surface area contributed by atoms with Crippen LogP contribution in [0.25, 0.3) is 0 Å². The fourth-order valence-corrected chi connectivity index (χ4v) is 3.55. The Hall–Kier alpha value is -3.52. The van der Waals surface area contributed by atoms with Gasteiger partial charge >= 0.3 is 0 Å². The van der Waals surface area contributed by atoms with Crippen LogP contribution in [0.1, 0.15) is 29.4 Å². The standard InChI is InChI=1S/C23H25N5O3/c1-17(29)27-13-14-31-20(16-27)6-4-19-5-7-22(25-19)26-23(30)21-3-2-12-28(21)15-18-8-10-24-11-9-18/h2-6,8-12,20H,7,13-16H2,1H3,(H,25,26,30)/b6-4+. The molecule has 4 heterocycles. The third kappa shape index (κ3) is 5.35. The number of amidine groups is 1. The summed E-state index contributed by atoms with van der Waals surface area (Å²) in [5, 5.41) is 2.91. The minimum atomic E-state index is -0.191. The first kappa shape index (κ1) is 20.7. The number of rotatable bonds is 5. The highest BCUT2D eigenvalue weighted by molar-refractivity contribution is 6.07. The Morgan fingerprint density at radius 2 is 2.13 bits per heavy atom. The summed E-state index contributed by atoms with van der Waals surface area (Å²) in [6.07, 6.45) is 11.5. The number of carbonyl (C=O) groups is 2. The van der Waals surface area contributed by atoms with Crippen LogP contribution < -0.4 is 5.32 Å². The molecule has 0 bridgehead atoms. The minimum absolute atomic E-state index is 0.0542. The van der Waals surface area contributed by atoms with Crippen molar-refractivity contribution in [2.45, 2.75) is 26.0 Å². The van der Waals surface area contributed by atoms with Gasteiger partial charge in [-0.25, -0.2) is 4.99 Å². The molecule has 1 N–H and O–H groups in total. The van der Waals surface area contributed by atoms with Gasteiger partial charge in [-0.1, -0.05) is 12.2 Å². The second-order valence-electron chi connectivity index (χ2n) is 7.46. The van der Waals surface area contributed by atoms with E-state index in [1.807, 2.05) is 47.2 Å². The van der Waals surface area contributed by atoms with E-state index in [-0.39, 0.29) is 17.9 Å². The molecular weight excluding hydrogens is 394 g/mol. The Morgan fingerprint density at radius 1 is 1.29 bits per heavy atom. The zero-order chi connectivity index (χ0) is 21.6. The summed E-state index contributed by atoms with van der Waals surface area (Å²) < 4.78 is 7.59. The molecule has 0 radical (unpaired) electrons. The molecule has 0 saturated carbocycles. The van der Waals surface area contributed by atoms with Crippen molar-refractivity contribution in [2.24, 2.45) is 4.99 Å². The lowest BCUT2D eigenvalue weighted by Crippen LogP contribution is -2.43. The van der Waals surface area contributed by atoms with E-state index in [2.05, 4.69) is 15.3 Å². The Bertz CT molecular complexity index is 1040. The molecule has 0 aromatic carbocycles. The van der Waals surface area contributed by atoms with Crippen molar-refractivity contribution in [3.8, 4) is 0 Å². The maximum absolute atomic E-state index is 12.8. The number of hydrogen-bond donors (Lipinski definition) is 1. The van der Waals surface area contributed by atoms with Gasteiger partial charge in [0.25, 0.3) is 5.91 Å². The van der Waals surface area contributed by atoms with Gasteiger partial charge in [0, 0.05) is 45.0 Å². The first-order valence-electron chi connectivity index (χ1n) is 10.3. The number of amides is 2. The number of aromatic nitrogens is 2. The monoisotopic (exact) mass is 419 g/mol. The lowest BCUT2D eigenvalue weighted by molar-refractivity contribution is -0.134. The fraction of sp³-hybridized carbons (Fsp3) is 0.304. The van der Waals surface area contributed by atoms with Gasteiger partial charge in [0.05, 0.1) is 25.0 Å². The zero-order valence-corrected chi connectivity index (χ0v) is 17.4. The van der Waals surface area contributed by atoms with Crippen LogP contribution in [-0.4, -0.2) is 57.9 Å². The summed E-state index contributed by atoms with van der Waals surface area (Å²) in [6, 6.07) is 7.50. The van der Waals surface area contributed by atoms with Crippen LogP contribution in [-0.2, 0) is 16.1 Å². The first-order valence-corrected chi connectivity index (χ1v) is 10.3. The molecule has 4 rings (SSSR count). The maximum atomic E-state index is 12.8. The molecule has 2 aromatic rings. The Kier molecular flexibility index (Phi) is 6.37. The van der Waals surface area contributed by atoms with Gasteiger partial charge in [0.1, 0.15) is 11.5 Å². The van der Waals surface area contributed by atoms with Crippen LogP contribution in [0, 0.1) is 0 Å². The summed E-state index contributed by atoms with van der Waals surface area (Å²) in [7, 11) is 0. The highest BCUT2D eigenvalue weighted by Gasteiger charge is 2.20. The molecule has 1 atom stereocenters. The fourth-order valence-electron chi connectivity index (χ4n) is 3.55. The molecule has 2 aliphatic heterocycles. The van der Waals surface area contributed by atoms with Crippen molar-refractivity contribution >= 4 is 17.6 Å². The van der Waals surface area contributed by atoms with E-state index in [1.54, 1.807) is 30.3 Å². The highest BCUT2D eigenvalue weighted by Crippen LogP contribution is 2.14. The summed E-state index contributed by atoms with van der Waals surface area (Å²) in [4.78, 5) is 34.6. The predicted molar refractivity (Wildman–Crippen MR) is 117 cm³/mol. The van der Waals surface area contributed by atoms with Crippen molar-refractivity contribution in [3.63, 3.8) is 0 Å². The summed E-state index contributed by atoms with van der Waals surface area (Å²) >= 11 is 0. The van der Waals surface area contributed by atoms with Crippen molar-refractivity contribution in [1.29, 1.82) is 0 Å². The van der Waals surface area contributed by atoms with E-state index in [0.717, 1.165) is 11.3 Å². The lowest BCUT2D eigenvalue weighted by Gasteiger charge is -2.30. The molecule has 1 unspecified atom stereocenters. The molecule has 160 valence electrons. The van der Waals surface area contributed by atoms with Crippen molar-refractivity contribution in [3.05, 3.63) is 78.0 Å². The number of aliphatic imine (C=N–C) groups is 1. The van der Waals surface area contributed by atoms with E-state index in [4.69, 9.17) is 4.74 Å². The normalized spacial score (nSPS) is 18.7. The number of carbonyl (C=O) groups excluding carboxylic acids is 2. The number of ether oxygens (including phenoxy) is 1. The molecular formula is C23H25N5O3. The Balaban J connectivity index is 1.34. The molecule has 1 fully saturated rings. The molecule has 1 saturated heterocycles. The molecule has 0 aliphatic carbocycles. The van der Waals surface area contributed by atoms with E-state index < -0.39 is 0 Å². The number of morpholine rings is 1. The quantitative estimate of drug-likeness (QED) is 0.804. The molecule has 2 aliphatic rings. The summed E-state index contributed by atoms with van der Waals surface area (Å²) in [5.74, 6) is 0.471. The number of allylic oxidation sites excluding steroid dienone is 1. The average molecular weight is 419 g/mol. The smallest absolute Gasteiger partial charge is 0.273 e. The van der Waals surface area contributed by atoms with Gasteiger partial charge in [0.15, 0.2) is 0 Å². The zero-order valence-electron chi connectivity index (χ0n) is 17.4. The molecule has 2 aromatic heterocycles. The van der Waals surface area contributed by atoms with Crippen molar-refractivity contribution in [2.75, 3.05) is 19.7 Å². The van der Waals surface area contributed by atoms with Gasteiger partial charge in [0.2, 0.25) is 5.91 Å². The summed E-state index contributed by atoms with van der Waals surface area (Å²) in [6.45, 7) is 3.85. The van der Waals surface area contributed by atoms with Crippen LogP contribution in [0.15, 0.2) is 71.8 Å². The van der Waals surface area contributed by atoms with Crippen molar-refractivity contribution in [1.82, 2.24) is 19.8 Å². The number of nitrogens with zero attached hydrogens (tertiary/aromatic N) is 4. The van der Waals surface area contributed by atoms with Crippen LogP contribution in [0.4, 0.5) is 0 Å². The molecule has 31 heavy (non-hydrogen) atoms. The van der Waals surface area contributed by atoms with Gasteiger partial charge in [-0.3, -0.25) is 14.6 Å². The third-order valence-corrected chi connectivity index (χ3v) is 5.21. The Morgan fingerprint density at radius 3 is 2.94 bits per heavy atom. The molecule has 8 heteroatoms. The van der Waals surface area contributed by atoms with Gasteiger partial charge in [-0.2, -0.15) is 0 Å². The number of nitrogens with one attached hydrogen (secondary N) is 1. The summed E-state index contributed by atoms with van der Waals surface area (Å²) in [5.41, 5.74) is 2.41. The third-order valence-electron chi connectivity index (χ3n) is 5.21. The molecule has 0 spiro atoms. The van der Waals surface area contributed by atoms with Crippen molar-refractivity contribution < 1.29 is 14.3 Å². The van der Waals surface area contributed by atoms with Gasteiger partial charge in [-0.05, 0) is 35.9 Å². The largest absolute Gasteiger partial charge is 0.370 e. The predicted octanol–water partition coefficient (Wildman–Crippen LogP) is 2.15.